The molecule has 0 saturated heterocycles. The average molecular weight is 335 g/mol. The molecule has 0 unspecified atom stereocenters. The quantitative estimate of drug-likeness (QED) is 0.614. The van der Waals surface area contributed by atoms with E-state index in [1.165, 1.54) is 10.6 Å². The molecule has 0 N–H and O–H groups in total. The lowest BCUT2D eigenvalue weighted by Gasteiger charge is -2.28. The summed E-state index contributed by atoms with van der Waals surface area (Å²) in [6.07, 6.45) is 5.72. The van der Waals surface area contributed by atoms with Crippen LogP contribution in [-0.4, -0.2) is 12.1 Å². The maximum absolute atomic E-state index is 12.5. The fourth-order valence-corrected chi connectivity index (χ4v) is 5.07. The molecule has 0 heterocycles. The van der Waals surface area contributed by atoms with Crippen molar-refractivity contribution in [2.75, 3.05) is 0 Å². The Morgan fingerprint density at radius 2 is 1.42 bits per heavy atom. The van der Waals surface area contributed by atoms with Crippen molar-refractivity contribution < 1.29 is 9.53 Å². The van der Waals surface area contributed by atoms with Crippen molar-refractivity contribution in [1.82, 2.24) is 0 Å². The Balaban J connectivity index is 1.94. The van der Waals surface area contributed by atoms with E-state index >= 15 is 0 Å². The van der Waals surface area contributed by atoms with Crippen LogP contribution in [-0.2, 0) is 9.53 Å². The fourth-order valence-electron chi connectivity index (χ4n) is 2.64. The SMILES string of the molecule is CC(C)OC(=O)[C]1[CH][CH][CH][C]1P(c1ccccc1)c1ccccc1. The van der Waals surface area contributed by atoms with Gasteiger partial charge in [0.15, 0.2) is 0 Å². The maximum Gasteiger partial charge on any atom is 0.314 e. The second-order valence-corrected chi connectivity index (χ2v) is 7.97. The van der Waals surface area contributed by atoms with Crippen LogP contribution in [0.3, 0.4) is 0 Å². The number of hydrogen-bond acceptors (Lipinski definition) is 2. The second kappa shape index (κ2) is 7.94. The van der Waals surface area contributed by atoms with E-state index in [1.54, 1.807) is 0 Å². The van der Waals surface area contributed by atoms with Crippen molar-refractivity contribution in [3.63, 3.8) is 0 Å². The lowest BCUT2D eigenvalue weighted by molar-refractivity contribution is -0.144. The molecular formula is C21H20O2P. The summed E-state index contributed by atoms with van der Waals surface area (Å²) < 4.78 is 5.43. The Labute approximate surface area is 146 Å². The lowest BCUT2D eigenvalue weighted by Crippen LogP contribution is -2.25. The van der Waals surface area contributed by atoms with Gasteiger partial charge in [0.2, 0.25) is 0 Å². The van der Waals surface area contributed by atoms with Crippen molar-refractivity contribution in [3.05, 3.63) is 91.5 Å². The van der Waals surface area contributed by atoms with Gasteiger partial charge in [0.05, 0.1) is 6.10 Å². The molecule has 2 aromatic rings. The van der Waals surface area contributed by atoms with Crippen molar-refractivity contribution in [3.8, 4) is 0 Å². The molecule has 2 nitrogen and oxygen atoms in total. The number of esters is 1. The van der Waals surface area contributed by atoms with Crippen molar-refractivity contribution >= 4 is 24.5 Å². The lowest BCUT2D eigenvalue weighted by atomic mass is 10.1. The topological polar surface area (TPSA) is 26.3 Å². The van der Waals surface area contributed by atoms with E-state index in [4.69, 9.17) is 4.74 Å². The normalized spacial score (nSPS) is 16.0. The Morgan fingerprint density at radius 1 is 0.875 bits per heavy atom. The molecule has 0 spiro atoms. The molecule has 121 valence electrons. The minimum absolute atomic E-state index is 0.125. The zero-order valence-corrected chi connectivity index (χ0v) is 14.7. The number of benzene rings is 2. The van der Waals surface area contributed by atoms with Crippen molar-refractivity contribution in [1.29, 1.82) is 0 Å². The van der Waals surface area contributed by atoms with Crippen LogP contribution in [0.2, 0.25) is 0 Å². The number of rotatable bonds is 5. The highest BCUT2D eigenvalue weighted by Crippen LogP contribution is 2.56. The summed E-state index contributed by atoms with van der Waals surface area (Å²) >= 11 is 0. The predicted molar refractivity (Wildman–Crippen MR) is 99.7 cm³/mol. The zero-order valence-electron chi connectivity index (χ0n) is 13.8. The average Bonchev–Trinajstić information content (AvgIpc) is 3.06. The first kappa shape index (κ1) is 17.2. The number of ether oxygens (including phenoxy) is 1. The van der Waals surface area contributed by atoms with Gasteiger partial charge < -0.3 is 4.74 Å². The van der Waals surface area contributed by atoms with E-state index in [1.807, 2.05) is 69.5 Å². The molecule has 5 radical (unpaired) electrons. The highest BCUT2D eigenvalue weighted by atomic mass is 31.1. The van der Waals surface area contributed by atoms with E-state index in [-0.39, 0.29) is 12.1 Å². The second-order valence-electron chi connectivity index (χ2n) is 5.79. The van der Waals surface area contributed by atoms with Crippen LogP contribution >= 0.6 is 7.92 Å². The van der Waals surface area contributed by atoms with Crippen LogP contribution in [0.25, 0.3) is 0 Å². The summed E-state index contributed by atoms with van der Waals surface area (Å²) in [5.41, 5.74) is 1.05. The predicted octanol–water partition coefficient (Wildman–Crippen LogP) is 3.80. The van der Waals surface area contributed by atoms with E-state index in [0.29, 0.717) is 5.92 Å². The summed E-state index contributed by atoms with van der Waals surface area (Å²) in [6, 6.07) is 20.7. The van der Waals surface area contributed by atoms with Crippen LogP contribution in [0.1, 0.15) is 13.8 Å². The molecular weight excluding hydrogens is 315 g/mol. The minimum atomic E-state index is -0.788. The Morgan fingerprint density at radius 3 is 1.92 bits per heavy atom. The molecule has 0 aliphatic heterocycles. The van der Waals surface area contributed by atoms with Crippen LogP contribution < -0.4 is 10.6 Å². The smallest absolute Gasteiger partial charge is 0.314 e. The molecule has 0 bridgehead atoms. The largest absolute Gasteiger partial charge is 0.462 e. The Hall–Kier alpha value is -1.66. The van der Waals surface area contributed by atoms with Gasteiger partial charge in [0.1, 0.15) is 5.92 Å². The first-order valence-electron chi connectivity index (χ1n) is 8.03. The van der Waals surface area contributed by atoms with E-state index < -0.39 is 7.92 Å². The molecule has 1 fully saturated rings. The Kier molecular flexibility index (Phi) is 5.68. The summed E-state index contributed by atoms with van der Waals surface area (Å²) in [6.45, 7) is 3.75. The van der Waals surface area contributed by atoms with Gasteiger partial charge in [-0.3, -0.25) is 4.79 Å². The van der Waals surface area contributed by atoms with Gasteiger partial charge in [0.25, 0.3) is 0 Å². The van der Waals surface area contributed by atoms with Gasteiger partial charge in [-0.2, -0.15) is 0 Å². The molecule has 3 rings (SSSR count). The molecule has 24 heavy (non-hydrogen) atoms. The molecule has 3 heteroatoms. The number of hydrogen-bond donors (Lipinski definition) is 0. The minimum Gasteiger partial charge on any atom is -0.462 e. The molecule has 1 saturated carbocycles. The van der Waals surface area contributed by atoms with E-state index in [2.05, 4.69) is 24.3 Å². The van der Waals surface area contributed by atoms with Crippen LogP contribution in [0.4, 0.5) is 0 Å². The summed E-state index contributed by atoms with van der Waals surface area (Å²) in [5.74, 6) is 0.423. The van der Waals surface area contributed by atoms with Gasteiger partial charge in [0, 0.05) is 5.66 Å². The van der Waals surface area contributed by atoms with Crippen molar-refractivity contribution in [2.45, 2.75) is 20.0 Å². The third-order valence-corrected chi connectivity index (χ3v) is 6.13. The zero-order chi connectivity index (χ0) is 16.9. The molecule has 2 aromatic carbocycles. The standard InChI is InChI=1S/C21H20O2P/c1-16(2)23-21(22)19-14-9-15-20(19)24(17-10-5-3-6-11-17)18-12-7-4-8-13-18/h3-16H,1-2H3. The van der Waals surface area contributed by atoms with Gasteiger partial charge in [-0.25, -0.2) is 0 Å². The van der Waals surface area contributed by atoms with Gasteiger partial charge >= 0.3 is 5.97 Å². The first-order chi connectivity index (χ1) is 11.7. The van der Waals surface area contributed by atoms with Gasteiger partial charge in [-0.15, -0.1) is 0 Å². The Bertz CT molecular complexity index is 615. The molecule has 0 atom stereocenters. The van der Waals surface area contributed by atoms with Crippen LogP contribution in [0, 0.1) is 30.8 Å². The fraction of sp³-hybridized carbons (Fsp3) is 0.143. The summed E-state index contributed by atoms with van der Waals surface area (Å²) in [4.78, 5) is 12.5. The van der Waals surface area contributed by atoms with Crippen LogP contribution in [0.5, 0.6) is 0 Å². The first-order valence-corrected chi connectivity index (χ1v) is 9.38. The molecule has 1 aliphatic rings. The monoisotopic (exact) mass is 335 g/mol. The third-order valence-electron chi connectivity index (χ3n) is 3.63. The van der Waals surface area contributed by atoms with Crippen molar-refractivity contribution in [2.24, 2.45) is 0 Å². The summed E-state index contributed by atoms with van der Waals surface area (Å²) in [5, 5.41) is 2.45. The summed E-state index contributed by atoms with van der Waals surface area (Å²) in [7, 11) is -0.788. The van der Waals surface area contributed by atoms with Gasteiger partial charge in [-0.1, -0.05) is 60.7 Å². The molecule has 0 aromatic heterocycles. The highest BCUT2D eigenvalue weighted by molar-refractivity contribution is 7.76. The highest BCUT2D eigenvalue weighted by Gasteiger charge is 2.42. The van der Waals surface area contributed by atoms with E-state index in [0.717, 1.165) is 5.66 Å². The third kappa shape index (κ3) is 3.87. The number of carbonyl (C=O) groups is 1. The number of carbonyl (C=O) groups excluding carboxylic acids is 1. The maximum atomic E-state index is 12.5. The van der Waals surface area contributed by atoms with Crippen LogP contribution in [0.15, 0.2) is 60.7 Å². The van der Waals surface area contributed by atoms with E-state index in [9.17, 15) is 4.79 Å². The molecule has 1 aliphatic carbocycles. The molecule has 0 amide bonds. The van der Waals surface area contributed by atoms with Gasteiger partial charge in [-0.05, 0) is 51.6 Å².